The summed E-state index contributed by atoms with van der Waals surface area (Å²) in [7, 11) is 0. The van der Waals surface area contributed by atoms with E-state index >= 15 is 0 Å². The molecule has 0 aliphatic rings. The fraction of sp³-hybridized carbons (Fsp3) is 0.429. The lowest BCUT2D eigenvalue weighted by Gasteiger charge is -2.11. The van der Waals surface area contributed by atoms with E-state index in [2.05, 4.69) is 5.32 Å². The number of rotatable bonds is 6. The Kier molecular flexibility index (Phi) is 5.36. The van der Waals surface area contributed by atoms with E-state index in [9.17, 15) is 9.59 Å². The SMILES string of the molecule is CCCC(CC(=O)Nc1ccc(C)cc1)C(=O)O. The highest BCUT2D eigenvalue weighted by Gasteiger charge is 2.20. The third-order valence-corrected chi connectivity index (χ3v) is 2.75. The van der Waals surface area contributed by atoms with E-state index in [4.69, 9.17) is 5.11 Å². The Morgan fingerprint density at radius 2 is 1.89 bits per heavy atom. The molecular weight excluding hydrogens is 230 g/mol. The first-order valence-corrected chi connectivity index (χ1v) is 6.12. The van der Waals surface area contributed by atoms with Crippen molar-refractivity contribution in [2.75, 3.05) is 5.32 Å². The number of carboxylic acids is 1. The number of hydrogen-bond donors (Lipinski definition) is 2. The van der Waals surface area contributed by atoms with Gasteiger partial charge in [-0.2, -0.15) is 0 Å². The highest BCUT2D eigenvalue weighted by atomic mass is 16.4. The second-order valence-corrected chi connectivity index (χ2v) is 4.44. The number of carbonyl (C=O) groups is 2. The molecule has 2 N–H and O–H groups in total. The van der Waals surface area contributed by atoms with Gasteiger partial charge in [0.05, 0.1) is 5.92 Å². The molecule has 0 radical (unpaired) electrons. The number of benzene rings is 1. The molecular formula is C14H19NO3. The van der Waals surface area contributed by atoms with Gasteiger partial charge in [-0.1, -0.05) is 31.0 Å². The van der Waals surface area contributed by atoms with Gasteiger partial charge in [-0.3, -0.25) is 9.59 Å². The Balaban J connectivity index is 2.54. The largest absolute Gasteiger partial charge is 0.481 e. The highest BCUT2D eigenvalue weighted by Crippen LogP contribution is 2.14. The fourth-order valence-electron chi connectivity index (χ4n) is 1.73. The summed E-state index contributed by atoms with van der Waals surface area (Å²) in [6.45, 7) is 3.88. The van der Waals surface area contributed by atoms with Gasteiger partial charge in [0, 0.05) is 12.1 Å². The van der Waals surface area contributed by atoms with Crippen molar-refractivity contribution in [1.82, 2.24) is 0 Å². The zero-order valence-corrected chi connectivity index (χ0v) is 10.8. The molecule has 0 aliphatic carbocycles. The summed E-state index contributed by atoms with van der Waals surface area (Å²) in [5.41, 5.74) is 1.81. The van der Waals surface area contributed by atoms with Crippen LogP contribution in [0, 0.1) is 12.8 Å². The normalized spacial score (nSPS) is 11.9. The molecule has 1 rings (SSSR count). The summed E-state index contributed by atoms with van der Waals surface area (Å²) >= 11 is 0. The molecule has 1 aromatic carbocycles. The van der Waals surface area contributed by atoms with Gasteiger partial charge < -0.3 is 10.4 Å². The molecule has 4 heteroatoms. The van der Waals surface area contributed by atoms with Crippen molar-refractivity contribution >= 4 is 17.6 Å². The minimum atomic E-state index is -0.907. The summed E-state index contributed by atoms with van der Waals surface area (Å²) in [6.07, 6.45) is 1.31. The number of hydrogen-bond acceptors (Lipinski definition) is 2. The van der Waals surface area contributed by atoms with Crippen molar-refractivity contribution in [2.45, 2.75) is 33.1 Å². The second-order valence-electron chi connectivity index (χ2n) is 4.44. The molecule has 0 spiro atoms. The molecule has 0 heterocycles. The summed E-state index contributed by atoms with van der Waals surface area (Å²) in [5, 5.41) is 11.7. The van der Waals surface area contributed by atoms with Crippen LogP contribution >= 0.6 is 0 Å². The lowest BCUT2D eigenvalue weighted by Crippen LogP contribution is -2.22. The van der Waals surface area contributed by atoms with Crippen LogP contribution in [0.2, 0.25) is 0 Å². The summed E-state index contributed by atoms with van der Waals surface area (Å²) in [6, 6.07) is 7.42. The van der Waals surface area contributed by atoms with Crippen molar-refractivity contribution in [3.63, 3.8) is 0 Å². The van der Waals surface area contributed by atoms with Crippen LogP contribution in [0.3, 0.4) is 0 Å². The molecule has 0 aliphatic heterocycles. The maximum atomic E-state index is 11.7. The number of anilines is 1. The van der Waals surface area contributed by atoms with Crippen molar-refractivity contribution in [1.29, 1.82) is 0 Å². The summed E-state index contributed by atoms with van der Waals surface area (Å²) in [5.74, 6) is -1.75. The predicted molar refractivity (Wildman–Crippen MR) is 70.5 cm³/mol. The van der Waals surface area contributed by atoms with E-state index in [-0.39, 0.29) is 12.3 Å². The molecule has 18 heavy (non-hydrogen) atoms. The first kappa shape index (κ1) is 14.2. The van der Waals surface area contributed by atoms with Crippen LogP contribution in [0.4, 0.5) is 5.69 Å². The number of carbonyl (C=O) groups excluding carboxylic acids is 1. The molecule has 0 saturated heterocycles. The first-order chi connectivity index (χ1) is 8.52. The Morgan fingerprint density at radius 3 is 2.39 bits per heavy atom. The average molecular weight is 249 g/mol. The van der Waals surface area contributed by atoms with Crippen LogP contribution in [0.1, 0.15) is 31.7 Å². The quantitative estimate of drug-likeness (QED) is 0.814. The standard InChI is InChI=1S/C14H19NO3/c1-3-4-11(14(17)18)9-13(16)15-12-7-5-10(2)6-8-12/h5-8,11H,3-4,9H2,1-2H3,(H,15,16)(H,17,18). The molecule has 1 atom stereocenters. The molecule has 98 valence electrons. The number of aryl methyl sites for hydroxylation is 1. The number of nitrogens with one attached hydrogen (secondary N) is 1. The molecule has 0 bridgehead atoms. The topological polar surface area (TPSA) is 66.4 Å². The van der Waals surface area contributed by atoms with Gasteiger partial charge in [0.1, 0.15) is 0 Å². The van der Waals surface area contributed by atoms with Gasteiger partial charge in [0.15, 0.2) is 0 Å². The van der Waals surface area contributed by atoms with Crippen LogP contribution in [-0.4, -0.2) is 17.0 Å². The van der Waals surface area contributed by atoms with E-state index in [1.807, 2.05) is 38.1 Å². The maximum absolute atomic E-state index is 11.7. The lowest BCUT2D eigenvalue weighted by molar-refractivity contribution is -0.143. The minimum Gasteiger partial charge on any atom is -0.481 e. The van der Waals surface area contributed by atoms with Crippen molar-refractivity contribution < 1.29 is 14.7 Å². The van der Waals surface area contributed by atoms with Crippen LogP contribution in [0.5, 0.6) is 0 Å². The van der Waals surface area contributed by atoms with Crippen molar-refractivity contribution in [3.05, 3.63) is 29.8 Å². The first-order valence-electron chi connectivity index (χ1n) is 6.12. The summed E-state index contributed by atoms with van der Waals surface area (Å²) in [4.78, 5) is 22.7. The Hall–Kier alpha value is -1.84. The second kappa shape index (κ2) is 6.79. The zero-order valence-electron chi connectivity index (χ0n) is 10.8. The fourth-order valence-corrected chi connectivity index (χ4v) is 1.73. The molecule has 1 unspecified atom stereocenters. The van der Waals surface area contributed by atoms with E-state index in [1.165, 1.54) is 0 Å². The van der Waals surface area contributed by atoms with E-state index < -0.39 is 11.9 Å². The zero-order chi connectivity index (χ0) is 13.5. The molecule has 0 saturated carbocycles. The molecule has 0 fully saturated rings. The molecule has 1 aromatic rings. The Labute approximate surface area is 107 Å². The van der Waals surface area contributed by atoms with Gasteiger partial charge in [-0.25, -0.2) is 0 Å². The van der Waals surface area contributed by atoms with Gasteiger partial charge in [-0.05, 0) is 25.5 Å². The van der Waals surface area contributed by atoms with Crippen molar-refractivity contribution in [2.24, 2.45) is 5.92 Å². The van der Waals surface area contributed by atoms with Gasteiger partial charge in [0.2, 0.25) is 5.91 Å². The maximum Gasteiger partial charge on any atom is 0.307 e. The molecule has 0 aromatic heterocycles. The number of aliphatic carboxylic acids is 1. The smallest absolute Gasteiger partial charge is 0.307 e. The van der Waals surface area contributed by atoms with E-state index in [1.54, 1.807) is 0 Å². The molecule has 1 amide bonds. The van der Waals surface area contributed by atoms with Gasteiger partial charge in [0.25, 0.3) is 0 Å². The van der Waals surface area contributed by atoms with E-state index in [0.29, 0.717) is 12.1 Å². The predicted octanol–water partition coefficient (Wildman–Crippen LogP) is 2.82. The highest BCUT2D eigenvalue weighted by molar-refractivity contribution is 5.93. The molecule has 4 nitrogen and oxygen atoms in total. The van der Waals surface area contributed by atoms with Crippen molar-refractivity contribution in [3.8, 4) is 0 Å². The third kappa shape index (κ3) is 4.57. The monoisotopic (exact) mass is 249 g/mol. The third-order valence-electron chi connectivity index (χ3n) is 2.75. The van der Waals surface area contributed by atoms with Crippen LogP contribution in [-0.2, 0) is 9.59 Å². The Morgan fingerprint density at radius 1 is 1.28 bits per heavy atom. The van der Waals surface area contributed by atoms with Crippen LogP contribution < -0.4 is 5.32 Å². The van der Waals surface area contributed by atoms with E-state index in [0.717, 1.165) is 12.0 Å². The van der Waals surface area contributed by atoms with Gasteiger partial charge in [-0.15, -0.1) is 0 Å². The van der Waals surface area contributed by atoms with Crippen LogP contribution in [0.25, 0.3) is 0 Å². The minimum absolute atomic E-state index is 0.0249. The number of amides is 1. The van der Waals surface area contributed by atoms with Crippen LogP contribution in [0.15, 0.2) is 24.3 Å². The van der Waals surface area contributed by atoms with Gasteiger partial charge >= 0.3 is 5.97 Å². The average Bonchev–Trinajstić information content (AvgIpc) is 2.31. The lowest BCUT2D eigenvalue weighted by atomic mass is 9.99. The summed E-state index contributed by atoms with van der Waals surface area (Å²) < 4.78 is 0. The Bertz CT molecular complexity index is 412. The number of carboxylic acid groups (broad SMARTS) is 1.